The number of nitrogens with zero attached hydrogens (tertiary/aromatic N) is 3. The van der Waals surface area contributed by atoms with Crippen LogP contribution in [0.5, 0.6) is 11.5 Å². The predicted octanol–water partition coefficient (Wildman–Crippen LogP) is 4.15. The molecule has 0 radical (unpaired) electrons. The van der Waals surface area contributed by atoms with Crippen molar-refractivity contribution in [3.8, 4) is 11.5 Å². The molecule has 0 amide bonds. The van der Waals surface area contributed by atoms with Crippen molar-refractivity contribution in [1.29, 1.82) is 0 Å². The number of aliphatic hydroxyl groups excluding tert-OH is 2. The SMILES string of the molecule is CC(C)(c1ccc(OC[C@H](O)Cn2cc(C[18F])nn2)cc1)c1ccc(OC[C@H](O)CCl)c(Cl)c1. The zero-order valence-electron chi connectivity index (χ0n) is 19.0. The number of halogens is 3. The van der Waals surface area contributed by atoms with E-state index in [0.29, 0.717) is 16.5 Å². The van der Waals surface area contributed by atoms with E-state index in [0.717, 1.165) is 11.1 Å². The van der Waals surface area contributed by atoms with Crippen LogP contribution in [0.15, 0.2) is 48.7 Å². The summed E-state index contributed by atoms with van der Waals surface area (Å²) >= 11 is 12.0. The van der Waals surface area contributed by atoms with Crippen LogP contribution in [-0.2, 0) is 18.6 Å². The standard InChI is InChI=1S/C24H28Cl2FN3O4/c1-24(2,17-5-8-23(22(26)9-17)34-14-19(31)10-25)16-3-6-21(7-4-16)33-15-20(32)13-30-12-18(11-27)28-29-30/h3-9,12,19-20,31-32H,10-11,13-15H2,1-2H3/t19-,20-/m1/s1/i27-1. The molecule has 184 valence electrons. The number of hydrogen-bond acceptors (Lipinski definition) is 6. The average molecular weight is 511 g/mol. The minimum absolute atomic E-state index is 0.0586. The lowest BCUT2D eigenvalue weighted by Crippen LogP contribution is -2.24. The molecule has 1 heterocycles. The van der Waals surface area contributed by atoms with Crippen LogP contribution in [0.3, 0.4) is 0 Å². The fourth-order valence-corrected chi connectivity index (χ4v) is 3.65. The van der Waals surface area contributed by atoms with Crippen molar-refractivity contribution in [2.24, 2.45) is 0 Å². The molecule has 0 aliphatic carbocycles. The minimum Gasteiger partial charge on any atom is -0.491 e. The smallest absolute Gasteiger partial charge is 0.138 e. The first-order valence-electron chi connectivity index (χ1n) is 10.8. The van der Waals surface area contributed by atoms with Crippen molar-refractivity contribution < 1.29 is 24.1 Å². The van der Waals surface area contributed by atoms with Gasteiger partial charge in [0.05, 0.1) is 23.6 Å². The second-order valence-corrected chi connectivity index (χ2v) is 9.16. The number of hydrogen-bond donors (Lipinski definition) is 2. The van der Waals surface area contributed by atoms with Gasteiger partial charge in [-0.3, -0.25) is 0 Å². The van der Waals surface area contributed by atoms with Gasteiger partial charge in [0.25, 0.3) is 0 Å². The molecule has 2 N–H and O–H groups in total. The summed E-state index contributed by atoms with van der Waals surface area (Å²) in [5.41, 5.74) is 1.91. The first-order chi connectivity index (χ1) is 16.2. The molecule has 0 saturated heterocycles. The van der Waals surface area contributed by atoms with E-state index in [-0.39, 0.29) is 36.7 Å². The summed E-state index contributed by atoms with van der Waals surface area (Å²) in [6.07, 6.45) is -0.125. The highest BCUT2D eigenvalue weighted by atomic mass is 35.5. The molecule has 0 saturated carbocycles. The van der Waals surface area contributed by atoms with Gasteiger partial charge < -0.3 is 19.7 Å². The molecule has 34 heavy (non-hydrogen) atoms. The van der Waals surface area contributed by atoms with E-state index in [1.807, 2.05) is 36.4 Å². The predicted molar refractivity (Wildman–Crippen MR) is 129 cm³/mol. The normalized spacial score (nSPS) is 13.5. The summed E-state index contributed by atoms with van der Waals surface area (Å²) in [6, 6.07) is 13.2. The van der Waals surface area contributed by atoms with E-state index in [4.69, 9.17) is 32.7 Å². The zero-order chi connectivity index (χ0) is 24.7. The lowest BCUT2D eigenvalue weighted by atomic mass is 9.78. The van der Waals surface area contributed by atoms with Gasteiger partial charge in [-0.1, -0.05) is 48.9 Å². The number of rotatable bonds is 12. The topological polar surface area (TPSA) is 89.6 Å². The molecule has 3 rings (SSSR count). The first kappa shape index (κ1) is 26.2. The Labute approximate surface area is 208 Å². The van der Waals surface area contributed by atoms with Crippen LogP contribution in [0.4, 0.5) is 4.39 Å². The van der Waals surface area contributed by atoms with Crippen LogP contribution in [0.25, 0.3) is 0 Å². The van der Waals surface area contributed by atoms with Gasteiger partial charge in [-0.25, -0.2) is 9.07 Å². The maximum atomic E-state index is 12.6. The van der Waals surface area contributed by atoms with E-state index in [1.54, 1.807) is 6.07 Å². The van der Waals surface area contributed by atoms with Crippen molar-refractivity contribution in [3.63, 3.8) is 0 Å². The van der Waals surface area contributed by atoms with Gasteiger partial charge in [-0.15, -0.1) is 16.7 Å². The molecule has 0 bridgehead atoms. The lowest BCUT2D eigenvalue weighted by Gasteiger charge is -2.27. The summed E-state index contributed by atoms with van der Waals surface area (Å²) in [6.45, 7) is 3.75. The van der Waals surface area contributed by atoms with Crippen molar-refractivity contribution >= 4 is 23.2 Å². The van der Waals surface area contributed by atoms with Crippen LogP contribution < -0.4 is 9.47 Å². The third kappa shape index (κ3) is 6.82. The van der Waals surface area contributed by atoms with E-state index < -0.39 is 18.9 Å². The monoisotopic (exact) mass is 510 g/mol. The Bertz CT molecular complexity index is 1060. The fraction of sp³-hybridized carbons (Fsp3) is 0.417. The Morgan fingerprint density at radius 1 is 1.03 bits per heavy atom. The summed E-state index contributed by atoms with van der Waals surface area (Å²) in [5.74, 6) is 1.19. The summed E-state index contributed by atoms with van der Waals surface area (Å²) in [5, 5.41) is 27.6. The van der Waals surface area contributed by atoms with Gasteiger partial charge >= 0.3 is 0 Å². The second kappa shape index (κ2) is 11.8. The molecule has 3 aromatic rings. The van der Waals surface area contributed by atoms with Crippen LogP contribution in [0.1, 0.15) is 30.7 Å². The number of ether oxygens (including phenoxy) is 2. The Morgan fingerprint density at radius 2 is 1.71 bits per heavy atom. The Balaban J connectivity index is 1.59. The number of aliphatic hydroxyl groups is 2. The molecule has 0 aliphatic heterocycles. The highest BCUT2D eigenvalue weighted by molar-refractivity contribution is 6.32. The van der Waals surface area contributed by atoms with Crippen LogP contribution in [0, 0.1) is 0 Å². The summed E-state index contributed by atoms with van der Waals surface area (Å²) in [7, 11) is 0. The molecule has 0 aliphatic rings. The van der Waals surface area contributed by atoms with E-state index in [9.17, 15) is 14.6 Å². The molecule has 0 fully saturated rings. The molecule has 0 unspecified atom stereocenters. The highest BCUT2D eigenvalue weighted by Crippen LogP contribution is 2.36. The number of alkyl halides is 2. The molecule has 2 atom stereocenters. The van der Waals surface area contributed by atoms with Crippen molar-refractivity contribution in [3.05, 3.63) is 70.5 Å². The van der Waals surface area contributed by atoms with E-state index in [1.165, 1.54) is 10.9 Å². The molecule has 1 aromatic heterocycles. The Hall–Kier alpha value is -2.39. The quantitative estimate of drug-likeness (QED) is 0.356. The van der Waals surface area contributed by atoms with Gasteiger partial charge in [0.15, 0.2) is 0 Å². The van der Waals surface area contributed by atoms with Gasteiger partial charge in [0, 0.05) is 5.41 Å². The van der Waals surface area contributed by atoms with E-state index in [2.05, 4.69) is 24.2 Å². The molecule has 2 aromatic carbocycles. The molecule has 7 nitrogen and oxygen atoms in total. The number of benzene rings is 2. The van der Waals surface area contributed by atoms with Gasteiger partial charge in [0.2, 0.25) is 0 Å². The van der Waals surface area contributed by atoms with Crippen LogP contribution >= 0.6 is 23.2 Å². The lowest BCUT2D eigenvalue weighted by molar-refractivity contribution is 0.0888. The molecular weight excluding hydrogens is 483 g/mol. The molecule has 0 spiro atoms. The van der Waals surface area contributed by atoms with Gasteiger partial charge in [0.1, 0.15) is 49.3 Å². The summed E-state index contributed by atoms with van der Waals surface area (Å²) < 4.78 is 25.2. The Morgan fingerprint density at radius 3 is 2.32 bits per heavy atom. The highest BCUT2D eigenvalue weighted by Gasteiger charge is 2.24. The largest absolute Gasteiger partial charge is 0.491 e. The number of aromatic nitrogens is 3. The minimum atomic E-state index is -0.821. The summed E-state index contributed by atoms with van der Waals surface area (Å²) in [4.78, 5) is 0. The zero-order valence-corrected chi connectivity index (χ0v) is 20.5. The second-order valence-electron chi connectivity index (χ2n) is 8.44. The fourth-order valence-electron chi connectivity index (χ4n) is 3.32. The molecular formula is C24H28Cl2FN3O4. The van der Waals surface area contributed by atoms with Crippen molar-refractivity contribution in [2.45, 2.75) is 44.7 Å². The first-order valence-corrected chi connectivity index (χ1v) is 11.7. The van der Waals surface area contributed by atoms with E-state index >= 15 is 0 Å². The maximum Gasteiger partial charge on any atom is 0.138 e. The average Bonchev–Trinajstić information content (AvgIpc) is 3.29. The van der Waals surface area contributed by atoms with Crippen molar-refractivity contribution in [1.82, 2.24) is 15.0 Å². The third-order valence-electron chi connectivity index (χ3n) is 5.40. The van der Waals surface area contributed by atoms with Crippen molar-refractivity contribution in [2.75, 3.05) is 19.1 Å². The third-order valence-corrected chi connectivity index (χ3v) is 6.05. The molecule has 10 heteroatoms. The Kier molecular flexibility index (Phi) is 9.13. The van der Waals surface area contributed by atoms with Crippen LogP contribution in [0.2, 0.25) is 5.02 Å². The van der Waals surface area contributed by atoms with Gasteiger partial charge in [-0.05, 0) is 35.4 Å². The van der Waals surface area contributed by atoms with Crippen LogP contribution in [-0.4, -0.2) is 56.5 Å². The maximum absolute atomic E-state index is 12.6. The van der Waals surface area contributed by atoms with Gasteiger partial charge in [-0.2, -0.15) is 0 Å².